The molecule has 1 aromatic rings. The van der Waals surface area contributed by atoms with Gasteiger partial charge in [-0.3, -0.25) is 15.1 Å². The van der Waals surface area contributed by atoms with Crippen LogP contribution in [-0.4, -0.2) is 16.9 Å². The number of guanidine groups is 1. The van der Waals surface area contributed by atoms with E-state index in [1.807, 2.05) is 18.2 Å². The molecule has 1 amide bonds. The molecule has 0 spiro atoms. The molecule has 3 N–H and O–H groups in total. The van der Waals surface area contributed by atoms with Gasteiger partial charge in [-0.25, -0.2) is 4.99 Å². The molecular formula is C10H14N4O. The van der Waals surface area contributed by atoms with E-state index >= 15 is 0 Å². The molecule has 0 aliphatic heterocycles. The molecule has 0 fully saturated rings. The molecule has 5 nitrogen and oxygen atoms in total. The fraction of sp³-hybridized carbons (Fsp3) is 0.300. The topological polar surface area (TPSA) is 80.4 Å². The van der Waals surface area contributed by atoms with E-state index in [2.05, 4.69) is 15.3 Å². The van der Waals surface area contributed by atoms with Crippen LogP contribution in [0.1, 0.15) is 19.0 Å². The second-order valence-corrected chi connectivity index (χ2v) is 2.92. The Balaban J connectivity index is 2.47. The Bertz CT molecular complexity index is 348. The number of hydrogen-bond donors (Lipinski definition) is 2. The quantitative estimate of drug-likeness (QED) is 0.555. The van der Waals surface area contributed by atoms with Crippen molar-refractivity contribution < 1.29 is 4.79 Å². The lowest BCUT2D eigenvalue weighted by molar-refractivity contribution is -0.119. The summed E-state index contributed by atoms with van der Waals surface area (Å²) in [5, 5.41) is 2.46. The number of nitrogens with two attached hydrogens (primary N) is 1. The third-order valence-electron chi connectivity index (χ3n) is 1.73. The molecule has 0 saturated carbocycles. The van der Waals surface area contributed by atoms with Gasteiger partial charge in [0.05, 0.1) is 12.2 Å². The zero-order valence-electron chi connectivity index (χ0n) is 8.60. The van der Waals surface area contributed by atoms with Crippen molar-refractivity contribution >= 4 is 11.9 Å². The molecule has 0 atom stereocenters. The molecule has 0 saturated heterocycles. The van der Waals surface area contributed by atoms with E-state index in [0.717, 1.165) is 5.69 Å². The van der Waals surface area contributed by atoms with Crippen molar-refractivity contribution in [3.05, 3.63) is 30.1 Å². The van der Waals surface area contributed by atoms with Gasteiger partial charge in [0, 0.05) is 12.6 Å². The molecule has 80 valence electrons. The maximum atomic E-state index is 10.9. The minimum atomic E-state index is -0.141. The Hall–Kier alpha value is -1.91. The van der Waals surface area contributed by atoms with Crippen LogP contribution in [0.2, 0.25) is 0 Å². The highest BCUT2D eigenvalue weighted by molar-refractivity contribution is 5.95. The molecule has 1 heterocycles. The Kier molecular flexibility index (Phi) is 4.28. The first-order valence-electron chi connectivity index (χ1n) is 4.72. The van der Waals surface area contributed by atoms with Gasteiger partial charge < -0.3 is 5.73 Å². The number of hydrogen-bond acceptors (Lipinski definition) is 3. The van der Waals surface area contributed by atoms with Crippen molar-refractivity contribution in [1.29, 1.82) is 0 Å². The van der Waals surface area contributed by atoms with Crippen LogP contribution in [0, 0.1) is 0 Å². The fourth-order valence-corrected chi connectivity index (χ4v) is 0.929. The predicted octanol–water partition coefficient (Wildman–Crippen LogP) is 0.422. The van der Waals surface area contributed by atoms with Gasteiger partial charge >= 0.3 is 0 Å². The number of nitrogens with one attached hydrogen (secondary N) is 1. The van der Waals surface area contributed by atoms with Gasteiger partial charge in [0.2, 0.25) is 5.91 Å². The summed E-state index contributed by atoms with van der Waals surface area (Å²) < 4.78 is 0. The third-order valence-corrected chi connectivity index (χ3v) is 1.73. The number of aromatic nitrogens is 1. The number of carbonyl (C=O) groups excluding carboxylic acids is 1. The van der Waals surface area contributed by atoms with Crippen LogP contribution in [0.15, 0.2) is 29.4 Å². The lowest BCUT2D eigenvalue weighted by atomic mass is 10.3. The summed E-state index contributed by atoms with van der Waals surface area (Å²) in [6.45, 7) is 2.12. The average Bonchev–Trinajstić information content (AvgIpc) is 2.27. The van der Waals surface area contributed by atoms with Gasteiger partial charge in [-0.15, -0.1) is 0 Å². The number of amides is 1. The molecule has 0 aliphatic rings. The van der Waals surface area contributed by atoms with Crippen LogP contribution in [0.5, 0.6) is 0 Å². The minimum absolute atomic E-state index is 0.132. The van der Waals surface area contributed by atoms with Crippen molar-refractivity contribution in [2.45, 2.75) is 19.9 Å². The lowest BCUT2D eigenvalue weighted by Crippen LogP contribution is -2.36. The smallest absolute Gasteiger partial charge is 0.226 e. The molecule has 0 aliphatic carbocycles. The number of rotatable bonds is 3. The second kappa shape index (κ2) is 5.74. The SMILES string of the molecule is CCC(=O)NC(N)=NCc1ccccn1. The number of aliphatic imine (C=N–C) groups is 1. The van der Waals surface area contributed by atoms with E-state index in [-0.39, 0.29) is 11.9 Å². The zero-order valence-corrected chi connectivity index (χ0v) is 8.60. The summed E-state index contributed by atoms with van der Waals surface area (Å²) in [5.41, 5.74) is 6.30. The fourth-order valence-electron chi connectivity index (χ4n) is 0.929. The van der Waals surface area contributed by atoms with Crippen molar-refractivity contribution in [2.75, 3.05) is 0 Å². The number of carbonyl (C=O) groups is 1. The Labute approximate surface area is 88.4 Å². The molecule has 1 aromatic heterocycles. The highest BCUT2D eigenvalue weighted by Crippen LogP contribution is 1.94. The highest BCUT2D eigenvalue weighted by Gasteiger charge is 1.98. The van der Waals surface area contributed by atoms with Gasteiger partial charge in [-0.05, 0) is 12.1 Å². The molecule has 0 aromatic carbocycles. The average molecular weight is 206 g/mol. The molecule has 5 heteroatoms. The highest BCUT2D eigenvalue weighted by atomic mass is 16.1. The maximum Gasteiger partial charge on any atom is 0.226 e. The summed E-state index contributed by atoms with van der Waals surface area (Å²) in [6, 6.07) is 5.55. The first kappa shape index (κ1) is 11.2. The Morgan fingerprint density at radius 3 is 3.00 bits per heavy atom. The molecule has 15 heavy (non-hydrogen) atoms. The third kappa shape index (κ3) is 4.21. The van der Waals surface area contributed by atoms with E-state index in [4.69, 9.17) is 5.73 Å². The van der Waals surface area contributed by atoms with Gasteiger partial charge in [-0.2, -0.15) is 0 Å². The summed E-state index contributed by atoms with van der Waals surface area (Å²) in [6.07, 6.45) is 2.07. The second-order valence-electron chi connectivity index (χ2n) is 2.92. The van der Waals surface area contributed by atoms with E-state index < -0.39 is 0 Å². The van der Waals surface area contributed by atoms with Crippen molar-refractivity contribution in [1.82, 2.24) is 10.3 Å². The van der Waals surface area contributed by atoms with Gasteiger partial charge in [-0.1, -0.05) is 13.0 Å². The molecule has 0 bridgehead atoms. The van der Waals surface area contributed by atoms with Gasteiger partial charge in [0.25, 0.3) is 0 Å². The molecule has 0 radical (unpaired) electrons. The summed E-state index contributed by atoms with van der Waals surface area (Å²) >= 11 is 0. The number of pyridine rings is 1. The number of nitrogens with zero attached hydrogens (tertiary/aromatic N) is 2. The Morgan fingerprint density at radius 2 is 2.40 bits per heavy atom. The zero-order chi connectivity index (χ0) is 11.1. The van der Waals surface area contributed by atoms with Crippen LogP contribution in [0.4, 0.5) is 0 Å². The van der Waals surface area contributed by atoms with Crippen LogP contribution in [0.25, 0.3) is 0 Å². The monoisotopic (exact) mass is 206 g/mol. The first-order valence-corrected chi connectivity index (χ1v) is 4.72. The predicted molar refractivity (Wildman–Crippen MR) is 58.0 cm³/mol. The van der Waals surface area contributed by atoms with E-state index in [1.165, 1.54) is 0 Å². The molecule has 1 rings (SSSR count). The van der Waals surface area contributed by atoms with E-state index in [9.17, 15) is 4.79 Å². The first-order chi connectivity index (χ1) is 7.22. The van der Waals surface area contributed by atoms with Crippen molar-refractivity contribution in [2.24, 2.45) is 10.7 Å². The minimum Gasteiger partial charge on any atom is -0.370 e. The summed E-state index contributed by atoms with van der Waals surface area (Å²) in [4.78, 5) is 19.0. The van der Waals surface area contributed by atoms with E-state index in [0.29, 0.717) is 13.0 Å². The van der Waals surface area contributed by atoms with Gasteiger partial charge in [0.1, 0.15) is 0 Å². The Morgan fingerprint density at radius 1 is 1.60 bits per heavy atom. The van der Waals surface area contributed by atoms with Crippen LogP contribution < -0.4 is 11.1 Å². The summed E-state index contributed by atoms with van der Waals surface area (Å²) in [5.74, 6) is -0.00947. The van der Waals surface area contributed by atoms with Crippen LogP contribution in [0.3, 0.4) is 0 Å². The molecular weight excluding hydrogens is 192 g/mol. The lowest BCUT2D eigenvalue weighted by Gasteiger charge is -2.01. The standard InChI is InChI=1S/C10H14N4O/c1-2-9(15)14-10(11)13-7-8-5-3-4-6-12-8/h3-6H,2,7H2,1H3,(H3,11,13,14,15). The van der Waals surface area contributed by atoms with Crippen molar-refractivity contribution in [3.8, 4) is 0 Å². The van der Waals surface area contributed by atoms with Crippen LogP contribution in [-0.2, 0) is 11.3 Å². The molecule has 0 unspecified atom stereocenters. The van der Waals surface area contributed by atoms with Gasteiger partial charge in [0.15, 0.2) is 5.96 Å². The normalized spacial score (nSPS) is 11.1. The van der Waals surface area contributed by atoms with E-state index in [1.54, 1.807) is 13.1 Å². The van der Waals surface area contributed by atoms with Crippen LogP contribution >= 0.6 is 0 Å². The maximum absolute atomic E-state index is 10.9. The van der Waals surface area contributed by atoms with Crippen molar-refractivity contribution in [3.63, 3.8) is 0 Å². The summed E-state index contributed by atoms with van der Waals surface area (Å²) in [7, 11) is 0. The largest absolute Gasteiger partial charge is 0.370 e.